The third kappa shape index (κ3) is 3.65. The normalized spacial score (nSPS) is 16.4. The molecule has 0 saturated carbocycles. The molecule has 0 aliphatic carbocycles. The summed E-state index contributed by atoms with van der Waals surface area (Å²) in [7, 11) is 0. The van der Waals surface area contributed by atoms with E-state index in [1.54, 1.807) is 30.8 Å². The van der Waals surface area contributed by atoms with E-state index < -0.39 is 0 Å². The van der Waals surface area contributed by atoms with E-state index in [1.807, 2.05) is 12.1 Å². The summed E-state index contributed by atoms with van der Waals surface area (Å²) in [5, 5.41) is 5.72. The lowest BCUT2D eigenvalue weighted by Crippen LogP contribution is -2.38. The summed E-state index contributed by atoms with van der Waals surface area (Å²) >= 11 is 0. The Morgan fingerprint density at radius 3 is 2.73 bits per heavy atom. The summed E-state index contributed by atoms with van der Waals surface area (Å²) in [5.74, 6) is 0.895. The number of rotatable bonds is 5. The Labute approximate surface area is 129 Å². The summed E-state index contributed by atoms with van der Waals surface area (Å²) < 4.78 is 5.54. The van der Waals surface area contributed by atoms with E-state index in [0.717, 1.165) is 24.5 Å². The molecule has 0 spiro atoms. The van der Waals surface area contributed by atoms with Crippen molar-refractivity contribution < 1.29 is 9.21 Å². The summed E-state index contributed by atoms with van der Waals surface area (Å²) in [5.41, 5.74) is 0.725. The summed E-state index contributed by atoms with van der Waals surface area (Å²) in [6.45, 7) is 2.60. The van der Waals surface area contributed by atoms with E-state index in [1.165, 1.54) is 12.8 Å². The van der Waals surface area contributed by atoms with Crippen LogP contribution in [0.2, 0.25) is 0 Å². The second kappa shape index (κ2) is 7.09. The van der Waals surface area contributed by atoms with Crippen molar-refractivity contribution in [3.8, 4) is 0 Å². The van der Waals surface area contributed by atoms with Crippen LogP contribution < -0.4 is 10.6 Å². The minimum absolute atomic E-state index is 0.0840. The average molecular weight is 300 g/mol. The first-order valence-corrected chi connectivity index (χ1v) is 7.55. The van der Waals surface area contributed by atoms with E-state index in [2.05, 4.69) is 20.5 Å². The molecule has 1 fully saturated rings. The van der Waals surface area contributed by atoms with Crippen molar-refractivity contribution in [1.82, 2.24) is 15.2 Å². The van der Waals surface area contributed by atoms with Crippen LogP contribution >= 0.6 is 0 Å². The van der Waals surface area contributed by atoms with Gasteiger partial charge in [-0.2, -0.15) is 0 Å². The lowest BCUT2D eigenvalue weighted by molar-refractivity contribution is 0.207. The maximum Gasteiger partial charge on any atom is 0.319 e. The zero-order valence-corrected chi connectivity index (χ0v) is 12.4. The molecule has 2 amide bonds. The Bertz CT molecular complexity index is 579. The molecule has 0 aromatic carbocycles. The molecule has 1 aliphatic heterocycles. The van der Waals surface area contributed by atoms with Crippen LogP contribution in [0.4, 0.5) is 10.5 Å². The van der Waals surface area contributed by atoms with Crippen molar-refractivity contribution in [2.24, 2.45) is 0 Å². The van der Waals surface area contributed by atoms with Gasteiger partial charge in [0.2, 0.25) is 0 Å². The quantitative estimate of drug-likeness (QED) is 0.890. The van der Waals surface area contributed by atoms with Crippen LogP contribution in [0, 0.1) is 0 Å². The second-order valence-corrected chi connectivity index (χ2v) is 5.35. The van der Waals surface area contributed by atoms with Crippen LogP contribution in [-0.4, -0.2) is 35.5 Å². The number of nitrogens with one attached hydrogen (secondary N) is 2. The largest absolute Gasteiger partial charge is 0.468 e. The van der Waals surface area contributed by atoms with Gasteiger partial charge in [-0.1, -0.05) is 0 Å². The van der Waals surface area contributed by atoms with Crippen LogP contribution in [0.3, 0.4) is 0 Å². The molecule has 1 saturated heterocycles. The molecule has 1 unspecified atom stereocenters. The molecule has 2 aromatic heterocycles. The Morgan fingerprint density at radius 1 is 1.27 bits per heavy atom. The van der Waals surface area contributed by atoms with Crippen LogP contribution in [-0.2, 0) is 0 Å². The SMILES string of the molecule is O=C(NCC(c1ccco1)N1CCCC1)Nc1ccncc1. The fourth-order valence-corrected chi connectivity index (χ4v) is 2.74. The number of aromatic nitrogens is 1. The fraction of sp³-hybridized carbons (Fsp3) is 0.375. The van der Waals surface area contributed by atoms with Gasteiger partial charge in [0.05, 0.1) is 12.3 Å². The van der Waals surface area contributed by atoms with Crippen LogP contribution in [0.15, 0.2) is 47.3 Å². The van der Waals surface area contributed by atoms with E-state index in [-0.39, 0.29) is 12.1 Å². The molecule has 0 bridgehead atoms. The van der Waals surface area contributed by atoms with Gasteiger partial charge < -0.3 is 15.1 Å². The van der Waals surface area contributed by atoms with Crippen LogP contribution in [0.5, 0.6) is 0 Å². The van der Waals surface area contributed by atoms with Gasteiger partial charge in [0, 0.05) is 24.6 Å². The number of anilines is 1. The summed E-state index contributed by atoms with van der Waals surface area (Å²) in [6, 6.07) is 7.22. The van der Waals surface area contributed by atoms with E-state index >= 15 is 0 Å². The van der Waals surface area contributed by atoms with Crippen LogP contribution in [0.1, 0.15) is 24.6 Å². The van der Waals surface area contributed by atoms with Crippen molar-refractivity contribution >= 4 is 11.7 Å². The average Bonchev–Trinajstić information content (AvgIpc) is 3.22. The van der Waals surface area contributed by atoms with Crippen LogP contribution in [0.25, 0.3) is 0 Å². The molecular weight excluding hydrogens is 280 g/mol. The molecular formula is C16H20N4O2. The van der Waals surface area contributed by atoms with Crippen molar-refractivity contribution in [2.75, 3.05) is 25.0 Å². The molecule has 0 radical (unpaired) electrons. The van der Waals surface area contributed by atoms with E-state index in [9.17, 15) is 4.79 Å². The molecule has 116 valence electrons. The number of carbonyl (C=O) groups is 1. The molecule has 22 heavy (non-hydrogen) atoms. The van der Waals surface area contributed by atoms with E-state index in [4.69, 9.17) is 4.42 Å². The Morgan fingerprint density at radius 2 is 2.05 bits per heavy atom. The molecule has 6 nitrogen and oxygen atoms in total. The second-order valence-electron chi connectivity index (χ2n) is 5.35. The van der Waals surface area contributed by atoms with Gasteiger partial charge in [-0.3, -0.25) is 9.88 Å². The predicted molar refractivity (Wildman–Crippen MR) is 83.5 cm³/mol. The minimum Gasteiger partial charge on any atom is -0.468 e. The van der Waals surface area contributed by atoms with Gasteiger partial charge in [-0.25, -0.2) is 4.79 Å². The molecule has 3 rings (SSSR count). The highest BCUT2D eigenvalue weighted by Crippen LogP contribution is 2.24. The lowest BCUT2D eigenvalue weighted by Gasteiger charge is -2.26. The van der Waals surface area contributed by atoms with Gasteiger partial charge in [0.15, 0.2) is 0 Å². The molecule has 3 heterocycles. The molecule has 1 aliphatic rings. The standard InChI is InChI=1S/C16H20N4O2/c21-16(19-13-5-7-17-8-6-13)18-12-14(15-4-3-11-22-15)20-9-1-2-10-20/h3-8,11,14H,1-2,9-10,12H2,(H2,17,18,19,21). The van der Waals surface area contributed by atoms with Crippen molar-refractivity contribution in [3.05, 3.63) is 48.7 Å². The minimum atomic E-state index is -0.220. The number of likely N-dealkylation sites (tertiary alicyclic amines) is 1. The highest BCUT2D eigenvalue weighted by molar-refractivity contribution is 5.89. The molecule has 1 atom stereocenters. The van der Waals surface area contributed by atoms with Gasteiger partial charge in [-0.15, -0.1) is 0 Å². The maximum absolute atomic E-state index is 12.0. The molecule has 2 N–H and O–H groups in total. The fourth-order valence-electron chi connectivity index (χ4n) is 2.74. The van der Waals surface area contributed by atoms with Gasteiger partial charge in [-0.05, 0) is 50.2 Å². The van der Waals surface area contributed by atoms with Gasteiger partial charge in [0.25, 0.3) is 0 Å². The molecule has 6 heteroatoms. The number of pyridine rings is 1. The maximum atomic E-state index is 12.0. The zero-order chi connectivity index (χ0) is 15.2. The number of hydrogen-bond donors (Lipinski definition) is 2. The van der Waals surface area contributed by atoms with Crippen molar-refractivity contribution in [1.29, 1.82) is 0 Å². The number of nitrogens with zero attached hydrogens (tertiary/aromatic N) is 2. The number of carbonyl (C=O) groups excluding carboxylic acids is 1. The number of urea groups is 1. The summed E-state index contributed by atoms with van der Waals surface area (Å²) in [6.07, 6.45) is 7.35. The highest BCUT2D eigenvalue weighted by Gasteiger charge is 2.25. The predicted octanol–water partition coefficient (Wildman–Crippen LogP) is 2.63. The topological polar surface area (TPSA) is 70.4 Å². The highest BCUT2D eigenvalue weighted by atomic mass is 16.3. The third-order valence-electron chi connectivity index (χ3n) is 3.85. The first-order valence-electron chi connectivity index (χ1n) is 7.55. The lowest BCUT2D eigenvalue weighted by atomic mass is 10.2. The zero-order valence-electron chi connectivity index (χ0n) is 12.4. The number of furan rings is 1. The van der Waals surface area contributed by atoms with Gasteiger partial charge in [0.1, 0.15) is 5.76 Å². The smallest absolute Gasteiger partial charge is 0.319 e. The first-order chi connectivity index (χ1) is 10.8. The van der Waals surface area contributed by atoms with Crippen molar-refractivity contribution in [2.45, 2.75) is 18.9 Å². The Kier molecular flexibility index (Phi) is 4.70. The first kappa shape index (κ1) is 14.6. The summed E-state index contributed by atoms with van der Waals surface area (Å²) in [4.78, 5) is 18.3. The Balaban J connectivity index is 1.58. The number of amides is 2. The molecule has 2 aromatic rings. The number of hydrogen-bond acceptors (Lipinski definition) is 4. The van der Waals surface area contributed by atoms with Gasteiger partial charge >= 0.3 is 6.03 Å². The Hall–Kier alpha value is -2.34. The monoisotopic (exact) mass is 300 g/mol. The van der Waals surface area contributed by atoms with E-state index in [0.29, 0.717) is 6.54 Å². The third-order valence-corrected chi connectivity index (χ3v) is 3.85. The van der Waals surface area contributed by atoms with Crippen molar-refractivity contribution in [3.63, 3.8) is 0 Å².